The summed E-state index contributed by atoms with van der Waals surface area (Å²) in [6.45, 7) is 3.33. The fourth-order valence-corrected chi connectivity index (χ4v) is 1.54. The first kappa shape index (κ1) is 12.4. The maximum atomic E-state index is 9.49. The van der Waals surface area contributed by atoms with Crippen LogP contribution in [0.25, 0.3) is 0 Å². The summed E-state index contributed by atoms with van der Waals surface area (Å²) in [5, 5.41) is 13.3. The molecular weight excluding hydrogens is 212 g/mol. The number of rotatable bonds is 6. The largest absolute Gasteiger partial charge is 0.392 e. The number of aliphatic hydroxyl groups excluding tert-OH is 1. The normalized spacial score (nSPS) is 12.7. The minimum Gasteiger partial charge on any atom is -0.392 e. The highest BCUT2D eigenvalue weighted by Gasteiger charge is 2.03. The molecule has 0 aliphatic rings. The number of hydrogen-bond acceptors (Lipinski definition) is 3. The second-order valence-electron chi connectivity index (χ2n) is 3.54. The van der Waals surface area contributed by atoms with E-state index in [2.05, 4.69) is 17.2 Å². The average Bonchev–Trinajstić information content (AvgIpc) is 2.21. The van der Waals surface area contributed by atoms with Crippen LogP contribution in [0.2, 0.25) is 5.02 Å². The fourth-order valence-electron chi connectivity index (χ4n) is 1.36. The van der Waals surface area contributed by atoms with Crippen LogP contribution in [0.5, 0.6) is 0 Å². The molecule has 1 atom stereocenters. The van der Waals surface area contributed by atoms with E-state index in [4.69, 9.17) is 11.6 Å². The molecule has 1 aromatic rings. The predicted molar refractivity (Wildman–Crippen MR) is 61.9 cm³/mol. The van der Waals surface area contributed by atoms with Crippen molar-refractivity contribution in [2.45, 2.75) is 32.4 Å². The average molecular weight is 229 g/mol. The van der Waals surface area contributed by atoms with Gasteiger partial charge in [-0.3, -0.25) is 4.98 Å². The molecule has 0 fully saturated rings. The van der Waals surface area contributed by atoms with Crippen LogP contribution >= 0.6 is 11.6 Å². The Hall–Kier alpha value is -0.640. The molecule has 3 nitrogen and oxygen atoms in total. The van der Waals surface area contributed by atoms with Gasteiger partial charge >= 0.3 is 0 Å². The lowest BCUT2D eigenvalue weighted by molar-refractivity contribution is 0.160. The first-order valence-corrected chi connectivity index (χ1v) is 5.59. The topological polar surface area (TPSA) is 45.1 Å². The molecule has 1 aromatic heterocycles. The van der Waals surface area contributed by atoms with Crippen molar-refractivity contribution in [1.29, 1.82) is 0 Å². The fraction of sp³-hybridized carbons (Fsp3) is 0.545. The second kappa shape index (κ2) is 6.77. The summed E-state index contributed by atoms with van der Waals surface area (Å²) in [4.78, 5) is 3.91. The van der Waals surface area contributed by atoms with Crippen molar-refractivity contribution in [3.63, 3.8) is 0 Å². The van der Waals surface area contributed by atoms with Crippen LogP contribution in [0.4, 0.5) is 0 Å². The van der Waals surface area contributed by atoms with E-state index < -0.39 is 0 Å². The van der Waals surface area contributed by atoms with Crippen molar-refractivity contribution in [2.24, 2.45) is 0 Å². The van der Waals surface area contributed by atoms with Gasteiger partial charge in [-0.15, -0.1) is 0 Å². The lowest BCUT2D eigenvalue weighted by atomic mass is 10.2. The zero-order chi connectivity index (χ0) is 11.1. The van der Waals surface area contributed by atoms with Crippen molar-refractivity contribution in [3.8, 4) is 0 Å². The molecular formula is C11H17ClN2O. The van der Waals surface area contributed by atoms with Gasteiger partial charge < -0.3 is 10.4 Å². The Kier molecular flexibility index (Phi) is 5.61. The van der Waals surface area contributed by atoms with Crippen LogP contribution in [0.1, 0.15) is 25.3 Å². The van der Waals surface area contributed by atoms with E-state index in [1.807, 2.05) is 6.07 Å². The van der Waals surface area contributed by atoms with Gasteiger partial charge in [-0.1, -0.05) is 24.9 Å². The molecule has 1 heterocycles. The molecule has 2 N–H and O–H groups in total. The van der Waals surface area contributed by atoms with E-state index >= 15 is 0 Å². The number of nitrogens with zero attached hydrogens (tertiary/aromatic N) is 1. The molecule has 0 spiro atoms. The third kappa shape index (κ3) is 4.60. The van der Waals surface area contributed by atoms with Gasteiger partial charge in [-0.2, -0.15) is 0 Å². The summed E-state index contributed by atoms with van der Waals surface area (Å²) in [6, 6.07) is 1.88. The van der Waals surface area contributed by atoms with Crippen LogP contribution in [0.15, 0.2) is 18.5 Å². The van der Waals surface area contributed by atoms with Gasteiger partial charge in [0.15, 0.2) is 0 Å². The van der Waals surface area contributed by atoms with Crippen LogP contribution in [-0.2, 0) is 6.54 Å². The van der Waals surface area contributed by atoms with Gasteiger partial charge in [0.25, 0.3) is 0 Å². The van der Waals surface area contributed by atoms with Crippen LogP contribution in [0.3, 0.4) is 0 Å². The van der Waals surface area contributed by atoms with Crippen molar-refractivity contribution in [1.82, 2.24) is 10.3 Å². The van der Waals surface area contributed by atoms with Crippen LogP contribution in [-0.4, -0.2) is 22.7 Å². The van der Waals surface area contributed by atoms with Gasteiger partial charge in [-0.25, -0.2) is 0 Å². The lowest BCUT2D eigenvalue weighted by Gasteiger charge is -2.11. The Labute approximate surface area is 95.5 Å². The Morgan fingerprint density at radius 3 is 3.07 bits per heavy atom. The van der Waals surface area contributed by atoms with Crippen LogP contribution in [0, 0.1) is 0 Å². The Bertz CT molecular complexity index is 294. The standard InChI is InChI=1S/C11H17ClN2O/c1-2-3-10(15)7-14-6-9-4-5-13-8-11(9)12/h4-5,8,10,14-15H,2-3,6-7H2,1H3. The predicted octanol–water partition coefficient (Wildman–Crippen LogP) is 1.99. The third-order valence-corrected chi connectivity index (χ3v) is 2.51. The van der Waals surface area contributed by atoms with Gasteiger partial charge in [-0.05, 0) is 18.1 Å². The van der Waals surface area contributed by atoms with E-state index in [9.17, 15) is 5.11 Å². The Morgan fingerprint density at radius 2 is 2.40 bits per heavy atom. The number of aliphatic hydroxyl groups is 1. The molecule has 0 radical (unpaired) electrons. The maximum absolute atomic E-state index is 9.49. The zero-order valence-corrected chi connectivity index (χ0v) is 9.67. The molecule has 0 aromatic carbocycles. The van der Waals surface area contributed by atoms with Crippen molar-refractivity contribution >= 4 is 11.6 Å². The maximum Gasteiger partial charge on any atom is 0.0664 e. The summed E-state index contributed by atoms with van der Waals surface area (Å²) in [6.07, 6.45) is 4.90. The number of nitrogens with one attached hydrogen (secondary N) is 1. The molecule has 1 rings (SSSR count). The number of hydrogen-bond donors (Lipinski definition) is 2. The Balaban J connectivity index is 2.29. The van der Waals surface area contributed by atoms with E-state index in [1.54, 1.807) is 12.4 Å². The Morgan fingerprint density at radius 1 is 1.60 bits per heavy atom. The van der Waals surface area contributed by atoms with Gasteiger partial charge in [0.05, 0.1) is 11.1 Å². The number of pyridine rings is 1. The first-order chi connectivity index (χ1) is 7.24. The summed E-state index contributed by atoms with van der Waals surface area (Å²) in [7, 11) is 0. The minimum absolute atomic E-state index is 0.268. The molecule has 0 saturated heterocycles. The third-order valence-electron chi connectivity index (χ3n) is 2.17. The molecule has 0 aliphatic carbocycles. The van der Waals surface area contributed by atoms with E-state index in [-0.39, 0.29) is 6.10 Å². The van der Waals surface area contributed by atoms with Gasteiger partial charge in [0.1, 0.15) is 0 Å². The van der Waals surface area contributed by atoms with Gasteiger partial charge in [0.2, 0.25) is 0 Å². The molecule has 0 aliphatic heterocycles. The molecule has 0 saturated carbocycles. The van der Waals surface area contributed by atoms with Gasteiger partial charge in [0, 0.05) is 25.5 Å². The highest BCUT2D eigenvalue weighted by molar-refractivity contribution is 6.31. The highest BCUT2D eigenvalue weighted by atomic mass is 35.5. The second-order valence-corrected chi connectivity index (χ2v) is 3.95. The minimum atomic E-state index is -0.268. The molecule has 84 valence electrons. The summed E-state index contributed by atoms with van der Waals surface area (Å²) in [5.41, 5.74) is 1.01. The summed E-state index contributed by atoms with van der Waals surface area (Å²) >= 11 is 5.94. The van der Waals surface area contributed by atoms with E-state index in [1.165, 1.54) is 0 Å². The van der Waals surface area contributed by atoms with Crippen molar-refractivity contribution in [2.75, 3.05) is 6.54 Å². The molecule has 0 amide bonds. The smallest absolute Gasteiger partial charge is 0.0664 e. The number of halogens is 1. The van der Waals surface area contributed by atoms with Crippen LogP contribution < -0.4 is 5.32 Å². The first-order valence-electron chi connectivity index (χ1n) is 5.21. The SMILES string of the molecule is CCCC(O)CNCc1ccncc1Cl. The monoisotopic (exact) mass is 228 g/mol. The molecule has 0 bridgehead atoms. The summed E-state index contributed by atoms with van der Waals surface area (Å²) < 4.78 is 0. The van der Waals surface area contributed by atoms with Crippen molar-refractivity contribution < 1.29 is 5.11 Å². The van der Waals surface area contributed by atoms with E-state index in [0.717, 1.165) is 18.4 Å². The number of aromatic nitrogens is 1. The summed E-state index contributed by atoms with van der Waals surface area (Å²) in [5.74, 6) is 0. The van der Waals surface area contributed by atoms with Crippen molar-refractivity contribution in [3.05, 3.63) is 29.0 Å². The zero-order valence-electron chi connectivity index (χ0n) is 8.91. The lowest BCUT2D eigenvalue weighted by Crippen LogP contribution is -2.26. The quantitative estimate of drug-likeness (QED) is 0.783. The molecule has 1 unspecified atom stereocenters. The molecule has 15 heavy (non-hydrogen) atoms. The van der Waals surface area contributed by atoms with E-state index in [0.29, 0.717) is 18.1 Å². The highest BCUT2D eigenvalue weighted by Crippen LogP contribution is 2.12. The molecule has 4 heteroatoms.